The Morgan fingerprint density at radius 2 is 1.59 bits per heavy atom. The molecule has 17 heavy (non-hydrogen) atoms. The van der Waals surface area contributed by atoms with Gasteiger partial charge < -0.3 is 9.47 Å². The van der Waals surface area contributed by atoms with Crippen molar-refractivity contribution in [2.45, 2.75) is 12.5 Å². The van der Waals surface area contributed by atoms with Crippen molar-refractivity contribution in [3.05, 3.63) is 23.8 Å². The van der Waals surface area contributed by atoms with Gasteiger partial charge in [0.1, 0.15) is 17.1 Å². The average molecular weight is 260 g/mol. The van der Waals surface area contributed by atoms with E-state index in [0.29, 0.717) is 12.1 Å². The molecule has 0 aliphatic rings. The van der Waals surface area contributed by atoms with Gasteiger partial charge in [0.2, 0.25) is 0 Å². The predicted molar refractivity (Wildman–Crippen MR) is 44.7 cm³/mol. The molecular formula is C9H6F6O2. The Hall–Kier alpha value is -1.60. The molecule has 0 aromatic heterocycles. The molecule has 96 valence electrons. The van der Waals surface area contributed by atoms with Gasteiger partial charge in [-0.05, 0) is 18.2 Å². The van der Waals surface area contributed by atoms with Crippen LogP contribution in [0.3, 0.4) is 0 Å². The lowest BCUT2D eigenvalue weighted by atomic mass is 10.2. The van der Waals surface area contributed by atoms with E-state index in [-0.39, 0.29) is 5.75 Å². The van der Waals surface area contributed by atoms with Gasteiger partial charge in [-0.15, -0.1) is 13.2 Å². The SMILES string of the molecule is COc1ccc(OC(F)(F)F)c(C(F)(F)F)c1. The van der Waals surface area contributed by atoms with E-state index in [1.165, 1.54) is 0 Å². The normalized spacial score (nSPS) is 12.4. The van der Waals surface area contributed by atoms with Crippen LogP contribution in [-0.2, 0) is 6.18 Å². The second-order valence-electron chi connectivity index (χ2n) is 2.91. The molecule has 0 amide bonds. The maximum absolute atomic E-state index is 12.4. The number of alkyl halides is 6. The van der Waals surface area contributed by atoms with Gasteiger partial charge in [0.05, 0.1) is 7.11 Å². The predicted octanol–water partition coefficient (Wildman–Crippen LogP) is 3.61. The third-order valence-corrected chi connectivity index (χ3v) is 1.72. The number of hydrogen-bond acceptors (Lipinski definition) is 2. The smallest absolute Gasteiger partial charge is 0.497 e. The van der Waals surface area contributed by atoms with E-state index in [4.69, 9.17) is 0 Å². The van der Waals surface area contributed by atoms with Crippen molar-refractivity contribution >= 4 is 0 Å². The maximum atomic E-state index is 12.4. The standard InChI is InChI=1S/C9H6F6O2/c1-16-5-2-3-7(17-9(13,14)15)6(4-5)8(10,11)12/h2-4H,1H3. The largest absolute Gasteiger partial charge is 0.573 e. The van der Waals surface area contributed by atoms with Gasteiger partial charge >= 0.3 is 12.5 Å². The van der Waals surface area contributed by atoms with Crippen molar-refractivity contribution in [1.29, 1.82) is 0 Å². The average Bonchev–Trinajstić information content (AvgIpc) is 2.14. The van der Waals surface area contributed by atoms with Crippen LogP contribution in [0.25, 0.3) is 0 Å². The maximum Gasteiger partial charge on any atom is 0.573 e. The number of benzene rings is 1. The van der Waals surface area contributed by atoms with Crippen LogP contribution in [-0.4, -0.2) is 13.5 Å². The molecule has 0 radical (unpaired) electrons. The summed E-state index contributed by atoms with van der Waals surface area (Å²) >= 11 is 0. The molecule has 8 heteroatoms. The Bertz CT molecular complexity index is 395. The lowest BCUT2D eigenvalue weighted by Gasteiger charge is -2.15. The molecule has 0 unspecified atom stereocenters. The highest BCUT2D eigenvalue weighted by atomic mass is 19.4. The third-order valence-electron chi connectivity index (χ3n) is 1.72. The first-order chi connectivity index (χ1) is 7.63. The van der Waals surface area contributed by atoms with E-state index in [1.807, 2.05) is 0 Å². The summed E-state index contributed by atoms with van der Waals surface area (Å²) in [7, 11) is 1.10. The summed E-state index contributed by atoms with van der Waals surface area (Å²) in [5, 5.41) is 0. The first-order valence-electron chi connectivity index (χ1n) is 4.14. The zero-order valence-corrected chi connectivity index (χ0v) is 8.32. The molecule has 0 bridgehead atoms. The van der Waals surface area contributed by atoms with Crippen molar-refractivity contribution in [3.8, 4) is 11.5 Å². The van der Waals surface area contributed by atoms with Crippen LogP contribution < -0.4 is 9.47 Å². The van der Waals surface area contributed by atoms with Crippen molar-refractivity contribution < 1.29 is 35.8 Å². The minimum atomic E-state index is -5.19. The lowest BCUT2D eigenvalue weighted by Crippen LogP contribution is -2.20. The molecule has 0 saturated heterocycles. The Morgan fingerprint density at radius 1 is 1.00 bits per heavy atom. The zero-order valence-electron chi connectivity index (χ0n) is 8.32. The van der Waals surface area contributed by atoms with Crippen molar-refractivity contribution in [1.82, 2.24) is 0 Å². The Labute approximate surface area is 91.7 Å². The summed E-state index contributed by atoms with van der Waals surface area (Å²) in [5.41, 5.74) is -1.55. The first kappa shape index (κ1) is 13.5. The minimum Gasteiger partial charge on any atom is -0.497 e. The van der Waals surface area contributed by atoms with Crippen LogP contribution in [0, 0.1) is 0 Å². The number of ether oxygens (including phenoxy) is 2. The summed E-state index contributed by atoms with van der Waals surface area (Å²) < 4.78 is 80.7. The van der Waals surface area contributed by atoms with Gasteiger partial charge in [-0.3, -0.25) is 0 Å². The molecule has 0 saturated carbocycles. The monoisotopic (exact) mass is 260 g/mol. The highest BCUT2D eigenvalue weighted by Gasteiger charge is 2.39. The van der Waals surface area contributed by atoms with Crippen LogP contribution >= 0.6 is 0 Å². The second kappa shape index (κ2) is 4.34. The number of rotatable bonds is 2. The topological polar surface area (TPSA) is 18.5 Å². The molecular weight excluding hydrogens is 254 g/mol. The van der Waals surface area contributed by atoms with E-state index in [2.05, 4.69) is 9.47 Å². The molecule has 0 aliphatic carbocycles. The fourth-order valence-electron chi connectivity index (χ4n) is 1.07. The molecule has 1 rings (SSSR count). The lowest BCUT2D eigenvalue weighted by molar-refractivity contribution is -0.276. The zero-order chi connectivity index (χ0) is 13.3. The van der Waals surface area contributed by atoms with Gasteiger partial charge in [-0.25, -0.2) is 0 Å². The van der Waals surface area contributed by atoms with Crippen molar-refractivity contribution in [2.24, 2.45) is 0 Å². The highest BCUT2D eigenvalue weighted by molar-refractivity contribution is 5.42. The molecule has 1 aromatic rings. The van der Waals surface area contributed by atoms with E-state index in [0.717, 1.165) is 13.2 Å². The van der Waals surface area contributed by atoms with Crippen LogP contribution in [0.15, 0.2) is 18.2 Å². The van der Waals surface area contributed by atoms with Crippen molar-refractivity contribution in [2.75, 3.05) is 7.11 Å². The summed E-state index contributed by atoms with van der Waals surface area (Å²) in [6.07, 6.45) is -10.1. The molecule has 0 fully saturated rings. The minimum absolute atomic E-state index is 0.216. The van der Waals surface area contributed by atoms with E-state index < -0.39 is 23.9 Å². The second-order valence-corrected chi connectivity index (χ2v) is 2.91. The third kappa shape index (κ3) is 3.72. The summed E-state index contributed by atoms with van der Waals surface area (Å²) in [5.74, 6) is -1.53. The Morgan fingerprint density at radius 3 is 2.00 bits per heavy atom. The van der Waals surface area contributed by atoms with Gasteiger partial charge in [0, 0.05) is 0 Å². The highest BCUT2D eigenvalue weighted by Crippen LogP contribution is 2.40. The number of halogens is 6. The molecule has 0 atom stereocenters. The number of methoxy groups -OCH3 is 1. The summed E-state index contributed by atoms with van der Waals surface area (Å²) in [6, 6.07) is 1.92. The fraction of sp³-hybridized carbons (Fsp3) is 0.333. The van der Waals surface area contributed by atoms with Gasteiger partial charge in [-0.2, -0.15) is 13.2 Å². The van der Waals surface area contributed by atoms with Gasteiger partial charge in [0.25, 0.3) is 0 Å². The van der Waals surface area contributed by atoms with Crippen LogP contribution in [0.4, 0.5) is 26.3 Å². The van der Waals surface area contributed by atoms with Crippen LogP contribution in [0.2, 0.25) is 0 Å². The summed E-state index contributed by atoms with van der Waals surface area (Å²) in [6.45, 7) is 0. The molecule has 0 N–H and O–H groups in total. The molecule has 0 aliphatic heterocycles. The molecule has 0 heterocycles. The van der Waals surface area contributed by atoms with Crippen LogP contribution in [0.1, 0.15) is 5.56 Å². The van der Waals surface area contributed by atoms with E-state index in [9.17, 15) is 26.3 Å². The number of hydrogen-bond donors (Lipinski definition) is 0. The van der Waals surface area contributed by atoms with Gasteiger partial charge in [-0.1, -0.05) is 0 Å². The molecule has 0 spiro atoms. The van der Waals surface area contributed by atoms with E-state index >= 15 is 0 Å². The Balaban J connectivity index is 3.21. The molecule has 2 nitrogen and oxygen atoms in total. The Kier molecular flexibility index (Phi) is 3.44. The van der Waals surface area contributed by atoms with E-state index in [1.54, 1.807) is 0 Å². The first-order valence-corrected chi connectivity index (χ1v) is 4.14. The molecule has 1 aromatic carbocycles. The quantitative estimate of drug-likeness (QED) is 0.756. The van der Waals surface area contributed by atoms with Gasteiger partial charge in [0.15, 0.2) is 0 Å². The van der Waals surface area contributed by atoms with Crippen molar-refractivity contribution in [3.63, 3.8) is 0 Å². The fourth-order valence-corrected chi connectivity index (χ4v) is 1.07. The summed E-state index contributed by atoms with van der Waals surface area (Å²) in [4.78, 5) is 0. The van der Waals surface area contributed by atoms with Crippen LogP contribution in [0.5, 0.6) is 11.5 Å².